The minimum Gasteiger partial charge on any atom is -0.318 e. The molecule has 0 radical (unpaired) electrons. The van der Waals surface area contributed by atoms with Crippen molar-refractivity contribution in [1.82, 2.24) is 14.5 Å². The predicted octanol–water partition coefficient (Wildman–Crippen LogP) is 5.74. The van der Waals surface area contributed by atoms with E-state index in [1.165, 1.54) is 18.2 Å². The number of alkyl halides is 3. The van der Waals surface area contributed by atoms with Crippen molar-refractivity contribution in [2.75, 3.05) is 33.2 Å². The molecule has 0 bridgehead atoms. The Labute approximate surface area is 238 Å². The summed E-state index contributed by atoms with van der Waals surface area (Å²) in [4.78, 5) is 1.47. The third-order valence-corrected chi connectivity index (χ3v) is 10.3. The van der Waals surface area contributed by atoms with Crippen LogP contribution >= 0.6 is 0 Å². The summed E-state index contributed by atoms with van der Waals surface area (Å²) in [6.07, 6.45) is -1.21. The zero-order valence-corrected chi connectivity index (χ0v) is 23.9. The van der Waals surface area contributed by atoms with Crippen LogP contribution in [0, 0.1) is 19.7 Å². The molecule has 0 aromatic heterocycles. The molecular formula is C31H33F4N3O2S. The molecule has 3 aromatic rings. The Morgan fingerprint density at radius 3 is 2.29 bits per heavy atom. The third-order valence-electron chi connectivity index (χ3n) is 8.41. The van der Waals surface area contributed by atoms with E-state index in [2.05, 4.69) is 10.2 Å². The Balaban J connectivity index is 1.48. The molecule has 2 heterocycles. The lowest BCUT2D eigenvalue weighted by atomic mass is 9.74. The number of sulfonamides is 1. The zero-order valence-electron chi connectivity index (χ0n) is 23.1. The summed E-state index contributed by atoms with van der Waals surface area (Å²) in [5, 5.41) is 3.23. The van der Waals surface area contributed by atoms with Gasteiger partial charge in [0.15, 0.2) is 0 Å². The van der Waals surface area contributed by atoms with Crippen molar-refractivity contribution < 1.29 is 26.0 Å². The molecule has 1 N–H and O–H groups in total. The second-order valence-electron chi connectivity index (χ2n) is 10.7. The fourth-order valence-electron chi connectivity index (χ4n) is 6.12. The molecule has 10 heteroatoms. The molecule has 2 aliphatic heterocycles. The minimum atomic E-state index is -4.80. The largest absolute Gasteiger partial charge is 0.417 e. The fourth-order valence-corrected chi connectivity index (χ4v) is 7.74. The van der Waals surface area contributed by atoms with Crippen molar-refractivity contribution in [2.45, 2.75) is 42.9 Å². The van der Waals surface area contributed by atoms with E-state index in [9.17, 15) is 26.0 Å². The van der Waals surface area contributed by atoms with Gasteiger partial charge in [0.25, 0.3) is 0 Å². The number of benzene rings is 3. The van der Waals surface area contributed by atoms with Crippen LogP contribution in [0.3, 0.4) is 0 Å². The molecule has 0 aliphatic carbocycles. The Morgan fingerprint density at radius 2 is 1.61 bits per heavy atom. The van der Waals surface area contributed by atoms with Gasteiger partial charge in [0, 0.05) is 44.2 Å². The summed E-state index contributed by atoms with van der Waals surface area (Å²) in [7, 11) is -2.58. The topological polar surface area (TPSA) is 52.7 Å². The molecule has 0 spiro atoms. The highest BCUT2D eigenvalue weighted by Gasteiger charge is 2.50. The second-order valence-corrected chi connectivity index (χ2v) is 12.6. The summed E-state index contributed by atoms with van der Waals surface area (Å²) in [6, 6.07) is 15.4. The predicted molar refractivity (Wildman–Crippen MR) is 152 cm³/mol. The van der Waals surface area contributed by atoms with Crippen LogP contribution in [-0.2, 0) is 16.2 Å². The molecule has 5 rings (SSSR count). The van der Waals surface area contributed by atoms with Crippen LogP contribution < -0.4 is 5.32 Å². The first-order valence-corrected chi connectivity index (χ1v) is 15.0. The maximum atomic E-state index is 14.0. The van der Waals surface area contributed by atoms with E-state index < -0.39 is 26.7 Å². The van der Waals surface area contributed by atoms with Crippen LogP contribution in [-0.4, -0.2) is 62.9 Å². The highest BCUT2D eigenvalue weighted by atomic mass is 32.2. The number of halogens is 4. The highest BCUT2D eigenvalue weighted by molar-refractivity contribution is 7.89. The number of nitrogens with zero attached hydrogens (tertiary/aromatic N) is 2. The molecule has 218 valence electrons. The van der Waals surface area contributed by atoms with Crippen LogP contribution in [0.1, 0.15) is 28.2 Å². The Bertz CT molecular complexity index is 1550. The van der Waals surface area contributed by atoms with Gasteiger partial charge in [0.05, 0.1) is 10.5 Å². The van der Waals surface area contributed by atoms with Gasteiger partial charge in [-0.3, -0.25) is 4.90 Å². The first-order chi connectivity index (χ1) is 19.4. The van der Waals surface area contributed by atoms with E-state index in [1.54, 1.807) is 19.1 Å². The Kier molecular flexibility index (Phi) is 8.13. The van der Waals surface area contributed by atoms with Gasteiger partial charge in [-0.2, -0.15) is 17.5 Å². The van der Waals surface area contributed by atoms with E-state index in [1.807, 2.05) is 44.3 Å². The number of hydrogen-bond donors (Lipinski definition) is 1. The van der Waals surface area contributed by atoms with Crippen molar-refractivity contribution in [3.8, 4) is 11.1 Å². The summed E-state index contributed by atoms with van der Waals surface area (Å²) in [5.74, 6) is -0.294. The SMILES string of the molecule is CNC[C@@H]1[C@@H](c2ccc(-c3ccc(F)c(C)c3C)cc2)[C@@H]2CN(S(=O)(=O)c3ccccc3C(F)(F)F)C/C=C\CN12. The van der Waals surface area contributed by atoms with E-state index in [4.69, 9.17) is 0 Å². The average Bonchev–Trinajstić information content (AvgIpc) is 2.92. The zero-order chi connectivity index (χ0) is 29.5. The number of nitrogens with one attached hydrogen (secondary N) is 1. The maximum Gasteiger partial charge on any atom is 0.417 e. The molecule has 3 atom stereocenters. The van der Waals surface area contributed by atoms with Crippen LogP contribution in [0.2, 0.25) is 0 Å². The lowest BCUT2D eigenvalue weighted by Gasteiger charge is -2.57. The molecule has 0 unspecified atom stereocenters. The van der Waals surface area contributed by atoms with Crippen LogP contribution in [0.5, 0.6) is 0 Å². The lowest BCUT2D eigenvalue weighted by molar-refractivity contribution is -0.139. The maximum absolute atomic E-state index is 14.0. The smallest absolute Gasteiger partial charge is 0.318 e. The number of rotatable bonds is 6. The Hall–Kier alpha value is -3.05. The van der Waals surface area contributed by atoms with Gasteiger partial charge in [-0.05, 0) is 66.9 Å². The van der Waals surface area contributed by atoms with Gasteiger partial charge < -0.3 is 5.32 Å². The molecule has 41 heavy (non-hydrogen) atoms. The van der Waals surface area contributed by atoms with Crippen molar-refractivity contribution in [3.05, 3.63) is 101 Å². The first kappa shape index (κ1) is 29.4. The van der Waals surface area contributed by atoms with Gasteiger partial charge in [0.1, 0.15) is 5.82 Å². The number of fused-ring (bicyclic) bond motifs is 1. The van der Waals surface area contributed by atoms with Gasteiger partial charge in [0.2, 0.25) is 10.0 Å². The van der Waals surface area contributed by atoms with Crippen molar-refractivity contribution in [2.24, 2.45) is 0 Å². The number of hydrogen-bond acceptors (Lipinski definition) is 4. The molecule has 0 saturated carbocycles. The number of likely N-dealkylation sites (N-methyl/N-ethyl adjacent to an activating group) is 1. The Morgan fingerprint density at radius 1 is 0.927 bits per heavy atom. The lowest BCUT2D eigenvalue weighted by Crippen LogP contribution is -2.68. The molecule has 5 nitrogen and oxygen atoms in total. The van der Waals surface area contributed by atoms with Crippen molar-refractivity contribution in [1.29, 1.82) is 0 Å². The normalized spacial score (nSPS) is 22.9. The molecule has 3 aromatic carbocycles. The van der Waals surface area contributed by atoms with Crippen LogP contribution in [0.15, 0.2) is 77.7 Å². The minimum absolute atomic E-state index is 0.00951. The summed E-state index contributed by atoms with van der Waals surface area (Å²) < 4.78 is 83.8. The third kappa shape index (κ3) is 5.46. The van der Waals surface area contributed by atoms with Crippen molar-refractivity contribution >= 4 is 10.0 Å². The van der Waals surface area contributed by atoms with Crippen molar-refractivity contribution in [3.63, 3.8) is 0 Å². The molecule has 1 saturated heterocycles. The quantitative estimate of drug-likeness (QED) is 0.295. The van der Waals surface area contributed by atoms with E-state index in [-0.39, 0.29) is 36.9 Å². The van der Waals surface area contributed by atoms with E-state index in [0.717, 1.165) is 38.7 Å². The molecular weight excluding hydrogens is 554 g/mol. The fraction of sp³-hybridized carbons (Fsp3) is 0.355. The standard InChI is InChI=1S/C31H33F4N3O2S/c1-20-21(2)26(32)15-14-24(20)22-10-12-23(13-11-22)30-27(18-36-3)38-17-7-6-16-37(19-28(30)38)41(39,40)29-9-5-4-8-25(29)31(33,34)35/h4-15,27-28,30,36H,16-19H2,1-3H3/b7-6-/t27-,28+,30-/m1/s1. The van der Waals surface area contributed by atoms with Gasteiger partial charge >= 0.3 is 6.18 Å². The molecule has 1 fully saturated rings. The summed E-state index contributed by atoms with van der Waals surface area (Å²) >= 11 is 0. The monoisotopic (exact) mass is 587 g/mol. The van der Waals surface area contributed by atoms with Gasteiger partial charge in [-0.1, -0.05) is 54.6 Å². The molecule has 2 aliphatic rings. The van der Waals surface area contributed by atoms with Crippen LogP contribution in [0.25, 0.3) is 11.1 Å². The summed E-state index contributed by atoms with van der Waals surface area (Å²) in [5.41, 5.74) is 3.21. The van der Waals surface area contributed by atoms with Gasteiger partial charge in [-0.15, -0.1) is 0 Å². The first-order valence-electron chi connectivity index (χ1n) is 13.5. The van der Waals surface area contributed by atoms with E-state index in [0.29, 0.717) is 18.7 Å². The molecule has 0 amide bonds. The van der Waals surface area contributed by atoms with Crippen LogP contribution in [0.4, 0.5) is 17.6 Å². The van der Waals surface area contributed by atoms with E-state index >= 15 is 0 Å². The average molecular weight is 588 g/mol. The summed E-state index contributed by atoms with van der Waals surface area (Å²) in [6.45, 7) is 4.97. The highest BCUT2D eigenvalue weighted by Crippen LogP contribution is 2.43. The van der Waals surface area contributed by atoms with Gasteiger partial charge in [-0.25, -0.2) is 12.8 Å². The second kappa shape index (κ2) is 11.3.